The topological polar surface area (TPSA) is 33.5 Å². The average Bonchev–Trinajstić information content (AvgIpc) is 3.71. The van der Waals surface area contributed by atoms with Gasteiger partial charge in [0.2, 0.25) is 0 Å². The quantitative estimate of drug-likeness (QED) is 0.161. The first-order chi connectivity index (χ1) is 24.8. The maximum atomic E-state index is 6.72. The molecule has 0 radical (unpaired) electrons. The molecule has 1 aliphatic rings. The Kier molecular flexibility index (Phi) is 10.2. The van der Waals surface area contributed by atoms with Crippen LogP contribution in [0.15, 0.2) is 79.3 Å². The number of anilines is 2. The number of aryl methyl sites for hydroxylation is 1. The van der Waals surface area contributed by atoms with Crippen molar-refractivity contribution in [1.82, 2.24) is 9.55 Å². The average molecular weight is 897 g/mol. The number of pyridine rings is 1. The molecule has 7 rings (SSSR count). The van der Waals surface area contributed by atoms with Gasteiger partial charge in [-0.05, 0) is 119 Å². The zero-order valence-electron chi connectivity index (χ0n) is 34.1. The second kappa shape index (κ2) is 14.1. The molecule has 5 nitrogen and oxygen atoms in total. The molecule has 6 heteroatoms. The van der Waals surface area contributed by atoms with Crippen LogP contribution in [0.5, 0.6) is 11.5 Å². The third-order valence-electron chi connectivity index (χ3n) is 10.9. The van der Waals surface area contributed by atoms with Gasteiger partial charge < -0.3 is 19.1 Å². The van der Waals surface area contributed by atoms with Gasteiger partial charge in [0.15, 0.2) is 0 Å². The van der Waals surface area contributed by atoms with E-state index in [1.165, 1.54) is 44.5 Å². The fourth-order valence-corrected chi connectivity index (χ4v) is 7.07. The Hall–Kier alpha value is -4.34. The number of fused-ring (bicyclic) bond motifs is 3. The molecule has 0 bridgehead atoms. The maximum absolute atomic E-state index is 6.72. The van der Waals surface area contributed by atoms with E-state index in [0.717, 1.165) is 33.5 Å². The summed E-state index contributed by atoms with van der Waals surface area (Å²) < 4.78 is 8.95. The Labute approximate surface area is 337 Å². The van der Waals surface area contributed by atoms with E-state index >= 15 is 0 Å². The van der Waals surface area contributed by atoms with E-state index in [1.807, 2.05) is 12.3 Å². The van der Waals surface area contributed by atoms with Crippen molar-refractivity contribution in [3.63, 3.8) is 0 Å². The van der Waals surface area contributed by atoms with Gasteiger partial charge in [-0.25, -0.2) is 4.98 Å². The summed E-state index contributed by atoms with van der Waals surface area (Å²) in [6.07, 6.45) is 6.12. The van der Waals surface area contributed by atoms with Gasteiger partial charge in [-0.3, -0.25) is 0 Å². The van der Waals surface area contributed by atoms with Gasteiger partial charge in [-0.15, -0.1) is 53.6 Å². The van der Waals surface area contributed by atoms with Crippen LogP contribution < -0.4 is 14.5 Å². The first-order valence-corrected chi connectivity index (χ1v) is 18.7. The normalized spacial score (nSPS) is 13.6. The molecular weight excluding hydrogens is 844 g/mol. The van der Waals surface area contributed by atoms with Crippen molar-refractivity contribution in [2.45, 2.75) is 106 Å². The minimum Gasteiger partial charge on any atom is -0.509 e. The molecule has 2 aromatic heterocycles. The number of hydrogen-bond donors (Lipinski definition) is 0. The monoisotopic (exact) mass is 896 g/mol. The van der Waals surface area contributed by atoms with Gasteiger partial charge in [0.25, 0.3) is 0 Å². The minimum atomic E-state index is -0.110. The molecular formula is C48H53N4OPt-3. The molecule has 4 aromatic carbocycles. The van der Waals surface area contributed by atoms with Gasteiger partial charge in [-0.2, -0.15) is 6.07 Å². The van der Waals surface area contributed by atoms with Gasteiger partial charge in [-0.1, -0.05) is 80.0 Å². The molecule has 54 heavy (non-hydrogen) atoms. The fourth-order valence-electron chi connectivity index (χ4n) is 7.07. The van der Waals surface area contributed by atoms with E-state index in [-0.39, 0.29) is 37.3 Å². The molecule has 0 N–H and O–H groups in total. The summed E-state index contributed by atoms with van der Waals surface area (Å²) in [5.41, 5.74) is 12.9. The molecule has 0 saturated heterocycles. The maximum Gasteiger partial charge on any atom is 0.135 e. The summed E-state index contributed by atoms with van der Waals surface area (Å²) in [6.45, 7) is 31.1. The Balaban J connectivity index is 0.00000497. The molecule has 284 valence electrons. The molecule has 1 aliphatic heterocycles. The Bertz CT molecular complexity index is 2420. The van der Waals surface area contributed by atoms with Crippen LogP contribution in [0.25, 0.3) is 27.6 Å². The fraction of sp³-hybridized carbons (Fsp3) is 0.333. The summed E-state index contributed by atoms with van der Waals surface area (Å²) >= 11 is 0. The van der Waals surface area contributed by atoms with Crippen molar-refractivity contribution in [3.05, 3.63) is 137 Å². The van der Waals surface area contributed by atoms with Crippen LogP contribution in [0, 0.1) is 46.5 Å². The molecule has 0 fully saturated rings. The van der Waals surface area contributed by atoms with Crippen LogP contribution in [0.3, 0.4) is 0 Å². The summed E-state index contributed by atoms with van der Waals surface area (Å²) in [5.74, 6) is 2.14. The van der Waals surface area contributed by atoms with E-state index in [1.54, 1.807) is 0 Å². The SMILES string of the molecule is Cc1cc(N2C=CN(c3[c-]c(Oc4[c-]c5c(cc4)c4cc(C(C)(C)C)ccc4n5-c4cc(C(C)(C)C)ccn4)cc(C(C)(C)C)c3)[CH-]2)c(C)c(C)c1C.[Pt]. The van der Waals surface area contributed by atoms with Crippen LogP contribution >= 0.6 is 0 Å². The van der Waals surface area contributed by atoms with Gasteiger partial charge in [0, 0.05) is 50.0 Å². The number of ether oxygens (including phenoxy) is 1. The predicted molar refractivity (Wildman–Crippen MR) is 223 cm³/mol. The van der Waals surface area contributed by atoms with Crippen molar-refractivity contribution in [3.8, 4) is 17.3 Å². The van der Waals surface area contributed by atoms with Crippen LogP contribution in [0.4, 0.5) is 11.4 Å². The third-order valence-corrected chi connectivity index (χ3v) is 10.9. The predicted octanol–water partition coefficient (Wildman–Crippen LogP) is 12.6. The van der Waals surface area contributed by atoms with Crippen LogP contribution in [0.2, 0.25) is 0 Å². The number of aromatic nitrogens is 2. The Morgan fingerprint density at radius 3 is 1.96 bits per heavy atom. The molecule has 0 atom stereocenters. The second-order valence-corrected chi connectivity index (χ2v) is 17.8. The second-order valence-electron chi connectivity index (χ2n) is 17.8. The molecule has 0 amide bonds. The Morgan fingerprint density at radius 2 is 1.28 bits per heavy atom. The molecule has 3 heterocycles. The number of hydrogen-bond acceptors (Lipinski definition) is 4. The molecule has 0 spiro atoms. The zero-order valence-corrected chi connectivity index (χ0v) is 36.4. The minimum absolute atomic E-state index is 0. The van der Waals surface area contributed by atoms with E-state index in [0.29, 0.717) is 11.5 Å². The Morgan fingerprint density at radius 1 is 0.611 bits per heavy atom. The summed E-state index contributed by atoms with van der Waals surface area (Å²) in [7, 11) is 0. The van der Waals surface area contributed by atoms with Gasteiger partial charge >= 0.3 is 0 Å². The van der Waals surface area contributed by atoms with Crippen molar-refractivity contribution in [2.75, 3.05) is 9.80 Å². The van der Waals surface area contributed by atoms with Crippen molar-refractivity contribution < 1.29 is 25.8 Å². The van der Waals surface area contributed by atoms with E-state index in [4.69, 9.17) is 9.72 Å². The molecule has 0 unspecified atom stereocenters. The summed E-state index contributed by atoms with van der Waals surface area (Å²) in [6, 6.07) is 29.2. The van der Waals surface area contributed by atoms with Crippen LogP contribution in [-0.4, -0.2) is 9.55 Å². The van der Waals surface area contributed by atoms with E-state index in [2.05, 4.69) is 190 Å². The summed E-state index contributed by atoms with van der Waals surface area (Å²) in [5, 5.41) is 2.29. The smallest absolute Gasteiger partial charge is 0.135 e. The van der Waals surface area contributed by atoms with Crippen molar-refractivity contribution in [2.24, 2.45) is 0 Å². The molecule has 0 aliphatic carbocycles. The van der Waals surface area contributed by atoms with Crippen LogP contribution in [0.1, 0.15) is 101 Å². The number of rotatable bonds is 5. The van der Waals surface area contributed by atoms with Gasteiger partial charge in [0.1, 0.15) is 5.82 Å². The number of nitrogens with zero attached hydrogens (tertiary/aromatic N) is 4. The van der Waals surface area contributed by atoms with Crippen molar-refractivity contribution >= 4 is 33.2 Å². The van der Waals surface area contributed by atoms with E-state index in [9.17, 15) is 0 Å². The van der Waals surface area contributed by atoms with E-state index < -0.39 is 0 Å². The standard InChI is InChI=1S/C48H53N4O.Pt/c1-30-22-43(33(4)32(3)31(30)2)51-21-20-50(29-51)37-23-36(48(11,12)13)24-39(27-37)53-38-15-16-40-41-25-34(46(5,6)7)14-17-42(41)52(44(40)28-38)45-26-35(18-19-49-45)47(8,9)10;/h14-26,29H,1-13H3;/q-3;. The largest absolute Gasteiger partial charge is 0.509 e. The third kappa shape index (κ3) is 7.37. The number of benzene rings is 4. The van der Waals surface area contributed by atoms with Gasteiger partial charge in [0.05, 0.1) is 0 Å². The molecule has 0 saturated carbocycles. The molecule has 6 aromatic rings. The van der Waals surface area contributed by atoms with Crippen LogP contribution in [-0.2, 0) is 37.3 Å². The first kappa shape index (κ1) is 39.4. The van der Waals surface area contributed by atoms with Crippen molar-refractivity contribution in [1.29, 1.82) is 0 Å². The summed E-state index contributed by atoms with van der Waals surface area (Å²) in [4.78, 5) is 9.22. The zero-order chi connectivity index (χ0) is 38.2. The first-order valence-electron chi connectivity index (χ1n) is 18.7.